The van der Waals surface area contributed by atoms with Crippen LogP contribution in [0.25, 0.3) is 0 Å². The second-order valence-corrected chi connectivity index (χ2v) is 6.76. The summed E-state index contributed by atoms with van der Waals surface area (Å²) in [5.41, 5.74) is 2.74. The van der Waals surface area contributed by atoms with E-state index in [4.69, 9.17) is 9.47 Å². The molecule has 2 nitrogen and oxygen atoms in total. The molecule has 2 heterocycles. The predicted molar refractivity (Wildman–Crippen MR) is 64.8 cm³/mol. The summed E-state index contributed by atoms with van der Waals surface area (Å²) in [5, 5.41) is 0. The first-order chi connectivity index (χ1) is 7.21. The molecule has 2 aliphatic heterocycles. The molecular weight excluding hydrogens is 200 g/mol. The van der Waals surface area contributed by atoms with E-state index in [0.29, 0.717) is 0 Å². The van der Waals surface area contributed by atoms with Gasteiger partial charge >= 0.3 is 0 Å². The van der Waals surface area contributed by atoms with Crippen molar-refractivity contribution in [3.8, 4) is 0 Å². The lowest BCUT2D eigenvalue weighted by atomic mass is 9.79. The van der Waals surface area contributed by atoms with Gasteiger partial charge in [0, 0.05) is 11.1 Å². The minimum absolute atomic E-state index is 0.0919. The monoisotopic (exact) mass is 222 g/mol. The predicted octanol–water partition coefficient (Wildman–Crippen LogP) is 3.64. The molecule has 0 saturated carbocycles. The Bertz CT molecular complexity index is 314. The zero-order valence-electron chi connectivity index (χ0n) is 11.1. The van der Waals surface area contributed by atoms with Crippen LogP contribution in [0.4, 0.5) is 0 Å². The van der Waals surface area contributed by atoms with Crippen LogP contribution in [0, 0.1) is 10.8 Å². The molecule has 2 atom stereocenters. The van der Waals surface area contributed by atoms with Crippen LogP contribution in [0.15, 0.2) is 23.7 Å². The van der Waals surface area contributed by atoms with Gasteiger partial charge in [-0.1, -0.05) is 41.5 Å². The summed E-state index contributed by atoms with van der Waals surface area (Å²) in [4.78, 5) is 0. The van der Waals surface area contributed by atoms with Crippen LogP contribution in [0.1, 0.15) is 41.5 Å². The van der Waals surface area contributed by atoms with E-state index in [1.54, 1.807) is 0 Å². The standard InChI is InChI=1S/C14H22O2/c1-13(2,3)9-7-15-12-10(14(4,5)6)8-16-11(9)12/h7-8,11-12H,1-6H3. The topological polar surface area (TPSA) is 18.5 Å². The Kier molecular flexibility index (Phi) is 2.37. The molecule has 0 aromatic rings. The van der Waals surface area contributed by atoms with E-state index in [2.05, 4.69) is 41.5 Å². The van der Waals surface area contributed by atoms with Crippen LogP contribution in [0.3, 0.4) is 0 Å². The molecule has 0 aromatic carbocycles. The molecule has 90 valence electrons. The summed E-state index contributed by atoms with van der Waals surface area (Å²) in [7, 11) is 0. The van der Waals surface area contributed by atoms with E-state index in [1.165, 1.54) is 11.1 Å². The summed E-state index contributed by atoms with van der Waals surface area (Å²) >= 11 is 0. The van der Waals surface area contributed by atoms with E-state index in [1.807, 2.05) is 12.5 Å². The van der Waals surface area contributed by atoms with Crippen molar-refractivity contribution >= 4 is 0 Å². The average molecular weight is 222 g/mol. The van der Waals surface area contributed by atoms with Gasteiger partial charge in [0.1, 0.15) is 0 Å². The zero-order chi connectivity index (χ0) is 12.1. The molecule has 2 heteroatoms. The van der Waals surface area contributed by atoms with Gasteiger partial charge in [-0.25, -0.2) is 0 Å². The third-order valence-electron chi connectivity index (χ3n) is 3.30. The quantitative estimate of drug-likeness (QED) is 0.623. The van der Waals surface area contributed by atoms with Gasteiger partial charge < -0.3 is 9.47 Å². The maximum atomic E-state index is 5.80. The van der Waals surface area contributed by atoms with Crippen molar-refractivity contribution in [1.82, 2.24) is 0 Å². The number of hydrogen-bond acceptors (Lipinski definition) is 2. The van der Waals surface area contributed by atoms with E-state index < -0.39 is 0 Å². The van der Waals surface area contributed by atoms with Crippen molar-refractivity contribution in [2.75, 3.05) is 0 Å². The third-order valence-corrected chi connectivity index (χ3v) is 3.30. The molecule has 0 N–H and O–H groups in total. The first kappa shape index (κ1) is 11.6. The van der Waals surface area contributed by atoms with Gasteiger partial charge in [0.05, 0.1) is 12.5 Å². The van der Waals surface area contributed by atoms with Gasteiger partial charge in [-0.15, -0.1) is 0 Å². The van der Waals surface area contributed by atoms with Crippen LogP contribution in [0.2, 0.25) is 0 Å². The van der Waals surface area contributed by atoms with Crippen LogP contribution in [0.5, 0.6) is 0 Å². The second-order valence-electron chi connectivity index (χ2n) is 6.76. The summed E-state index contributed by atoms with van der Waals surface area (Å²) in [6.07, 6.45) is 3.98. The molecule has 2 rings (SSSR count). The molecule has 0 amide bonds. The minimum Gasteiger partial charge on any atom is -0.489 e. The first-order valence-corrected chi connectivity index (χ1v) is 5.93. The van der Waals surface area contributed by atoms with Crippen molar-refractivity contribution in [2.24, 2.45) is 10.8 Å². The molecule has 0 aromatic heterocycles. The van der Waals surface area contributed by atoms with Crippen LogP contribution < -0.4 is 0 Å². The fourth-order valence-corrected chi connectivity index (χ4v) is 2.25. The lowest BCUT2D eigenvalue weighted by Crippen LogP contribution is -2.30. The molecule has 0 saturated heterocycles. The van der Waals surface area contributed by atoms with E-state index in [-0.39, 0.29) is 23.0 Å². The molecule has 16 heavy (non-hydrogen) atoms. The molecule has 0 aliphatic carbocycles. The number of fused-ring (bicyclic) bond motifs is 1. The Hall–Kier alpha value is -0.920. The van der Waals surface area contributed by atoms with Gasteiger partial charge in [0.15, 0.2) is 12.2 Å². The fraction of sp³-hybridized carbons (Fsp3) is 0.714. The van der Waals surface area contributed by atoms with E-state index in [9.17, 15) is 0 Å². The normalized spacial score (nSPS) is 29.1. The van der Waals surface area contributed by atoms with Gasteiger partial charge in [-0.05, 0) is 10.8 Å². The molecule has 0 fully saturated rings. The SMILES string of the molecule is CC(C)(C)C1=COC2C(C(C)(C)C)=COC12. The number of ether oxygens (including phenoxy) is 2. The Labute approximate surface area is 98.3 Å². The maximum absolute atomic E-state index is 5.80. The summed E-state index contributed by atoms with van der Waals surface area (Å²) in [5.74, 6) is 0. The molecule has 2 aliphatic rings. The molecule has 0 bridgehead atoms. The highest BCUT2D eigenvalue weighted by Gasteiger charge is 2.46. The summed E-state index contributed by atoms with van der Waals surface area (Å²) in [6.45, 7) is 13.2. The Balaban J connectivity index is 2.20. The van der Waals surface area contributed by atoms with Crippen LogP contribution in [-0.4, -0.2) is 12.2 Å². The van der Waals surface area contributed by atoms with Crippen molar-refractivity contribution < 1.29 is 9.47 Å². The number of hydrogen-bond donors (Lipinski definition) is 0. The van der Waals surface area contributed by atoms with E-state index in [0.717, 1.165) is 0 Å². The average Bonchev–Trinajstić information content (AvgIpc) is 2.54. The van der Waals surface area contributed by atoms with Crippen molar-refractivity contribution in [1.29, 1.82) is 0 Å². The lowest BCUT2D eigenvalue weighted by Gasteiger charge is -2.26. The summed E-state index contributed by atoms with van der Waals surface area (Å²) in [6, 6.07) is 0. The minimum atomic E-state index is 0.0919. The summed E-state index contributed by atoms with van der Waals surface area (Å²) < 4.78 is 11.6. The highest BCUT2D eigenvalue weighted by molar-refractivity contribution is 5.32. The number of rotatable bonds is 0. The van der Waals surface area contributed by atoms with Crippen molar-refractivity contribution in [2.45, 2.75) is 53.8 Å². The zero-order valence-corrected chi connectivity index (χ0v) is 11.1. The Morgan fingerprint density at radius 2 is 1.06 bits per heavy atom. The largest absolute Gasteiger partial charge is 0.489 e. The van der Waals surface area contributed by atoms with Crippen LogP contribution in [-0.2, 0) is 9.47 Å². The highest BCUT2D eigenvalue weighted by Crippen LogP contribution is 2.45. The lowest BCUT2D eigenvalue weighted by molar-refractivity contribution is 0.0914. The highest BCUT2D eigenvalue weighted by atomic mass is 16.6. The molecule has 2 unspecified atom stereocenters. The van der Waals surface area contributed by atoms with Gasteiger partial charge in [0.2, 0.25) is 0 Å². The van der Waals surface area contributed by atoms with E-state index >= 15 is 0 Å². The fourth-order valence-electron chi connectivity index (χ4n) is 2.25. The molecular formula is C14H22O2. The second kappa shape index (κ2) is 3.28. The Morgan fingerprint density at radius 3 is 1.31 bits per heavy atom. The maximum Gasteiger partial charge on any atom is 0.163 e. The van der Waals surface area contributed by atoms with Crippen molar-refractivity contribution in [3.63, 3.8) is 0 Å². The third kappa shape index (κ3) is 1.74. The van der Waals surface area contributed by atoms with Gasteiger partial charge in [-0.3, -0.25) is 0 Å². The molecule has 0 radical (unpaired) electrons. The van der Waals surface area contributed by atoms with Gasteiger partial charge in [-0.2, -0.15) is 0 Å². The first-order valence-electron chi connectivity index (χ1n) is 5.93. The van der Waals surface area contributed by atoms with Gasteiger partial charge in [0.25, 0.3) is 0 Å². The van der Waals surface area contributed by atoms with Crippen molar-refractivity contribution in [3.05, 3.63) is 23.7 Å². The molecule has 0 spiro atoms. The smallest absolute Gasteiger partial charge is 0.163 e. The van der Waals surface area contributed by atoms with Crippen LogP contribution >= 0.6 is 0 Å². The Morgan fingerprint density at radius 1 is 0.750 bits per heavy atom.